The Balaban J connectivity index is 1.17. The standard InChI is InChI=1S/C38H34N2O4/c41-36(42)35(40-37(43)44-26-34-32-22-12-10-20-30(32)31-21-11-13-23-33(31)34)24-25-39-38(27-14-4-1-5-15-27,28-16-6-2-7-17-28)29-18-8-3-9-19-29/h1-23,34-35,39H,24-26H2,(H,40,43)(H,41,42)/t35-/m1/s1. The minimum Gasteiger partial charge on any atom is -0.480 e. The molecule has 0 saturated heterocycles. The molecule has 44 heavy (non-hydrogen) atoms. The molecule has 6 heteroatoms. The van der Waals surface area contributed by atoms with Crippen LogP contribution in [0, 0.1) is 0 Å². The topological polar surface area (TPSA) is 87.7 Å². The van der Waals surface area contributed by atoms with E-state index in [1.165, 1.54) is 0 Å². The molecule has 1 aliphatic carbocycles. The Morgan fingerprint density at radius 1 is 0.659 bits per heavy atom. The summed E-state index contributed by atoms with van der Waals surface area (Å²) >= 11 is 0. The monoisotopic (exact) mass is 582 g/mol. The van der Waals surface area contributed by atoms with Crippen LogP contribution in [0.1, 0.15) is 40.2 Å². The number of carbonyl (C=O) groups is 2. The number of rotatable bonds is 11. The number of hydrogen-bond donors (Lipinski definition) is 3. The molecule has 0 radical (unpaired) electrons. The van der Waals surface area contributed by atoms with Gasteiger partial charge in [0.15, 0.2) is 0 Å². The van der Waals surface area contributed by atoms with Crippen LogP contribution in [0.4, 0.5) is 4.79 Å². The second-order valence-electron chi connectivity index (χ2n) is 10.9. The van der Waals surface area contributed by atoms with Crippen molar-refractivity contribution in [3.05, 3.63) is 167 Å². The molecule has 1 amide bonds. The maximum atomic E-state index is 12.9. The third kappa shape index (κ3) is 5.72. The fraction of sp³-hybridized carbons (Fsp3) is 0.158. The van der Waals surface area contributed by atoms with E-state index >= 15 is 0 Å². The molecular formula is C38H34N2O4. The van der Waals surface area contributed by atoms with Gasteiger partial charge in [0.1, 0.15) is 12.6 Å². The smallest absolute Gasteiger partial charge is 0.407 e. The Kier molecular flexibility index (Phi) is 8.52. The number of benzene rings is 5. The van der Waals surface area contributed by atoms with E-state index in [1.54, 1.807) is 0 Å². The number of fused-ring (bicyclic) bond motifs is 3. The number of amides is 1. The summed E-state index contributed by atoms with van der Waals surface area (Å²) in [5, 5.41) is 16.3. The second kappa shape index (κ2) is 13.0. The van der Waals surface area contributed by atoms with Crippen molar-refractivity contribution in [1.82, 2.24) is 10.6 Å². The summed E-state index contributed by atoms with van der Waals surface area (Å²) < 4.78 is 5.64. The molecule has 1 atom stereocenters. The molecule has 6 rings (SSSR count). The van der Waals surface area contributed by atoms with Crippen molar-refractivity contribution in [2.45, 2.75) is 23.9 Å². The van der Waals surface area contributed by atoms with Crippen LogP contribution in [-0.4, -0.2) is 36.4 Å². The van der Waals surface area contributed by atoms with Crippen LogP contribution in [0.5, 0.6) is 0 Å². The number of nitrogens with one attached hydrogen (secondary N) is 2. The minimum atomic E-state index is -1.14. The predicted octanol–water partition coefficient (Wildman–Crippen LogP) is 6.95. The highest BCUT2D eigenvalue weighted by molar-refractivity contribution is 5.81. The summed E-state index contributed by atoms with van der Waals surface area (Å²) in [6, 6.07) is 45.4. The molecule has 5 aromatic rings. The van der Waals surface area contributed by atoms with Crippen LogP contribution < -0.4 is 10.6 Å². The molecule has 6 nitrogen and oxygen atoms in total. The summed E-state index contributed by atoms with van der Waals surface area (Å²) in [7, 11) is 0. The van der Waals surface area contributed by atoms with Crippen LogP contribution in [0.15, 0.2) is 140 Å². The maximum Gasteiger partial charge on any atom is 0.407 e. The molecule has 0 unspecified atom stereocenters. The van der Waals surface area contributed by atoms with E-state index in [9.17, 15) is 14.7 Å². The van der Waals surface area contributed by atoms with Gasteiger partial charge < -0.3 is 15.2 Å². The van der Waals surface area contributed by atoms with Crippen molar-refractivity contribution in [2.75, 3.05) is 13.2 Å². The Bertz CT molecular complexity index is 1580. The first kappa shape index (κ1) is 28.9. The van der Waals surface area contributed by atoms with Gasteiger partial charge in [-0.15, -0.1) is 0 Å². The van der Waals surface area contributed by atoms with E-state index in [4.69, 9.17) is 4.74 Å². The van der Waals surface area contributed by atoms with E-state index in [0.717, 1.165) is 38.9 Å². The van der Waals surface area contributed by atoms with Crippen LogP contribution >= 0.6 is 0 Å². The average molecular weight is 583 g/mol. The van der Waals surface area contributed by atoms with Crippen molar-refractivity contribution in [1.29, 1.82) is 0 Å². The zero-order valence-corrected chi connectivity index (χ0v) is 24.2. The zero-order valence-electron chi connectivity index (χ0n) is 24.2. The van der Waals surface area contributed by atoms with Crippen molar-refractivity contribution in [3.8, 4) is 11.1 Å². The van der Waals surface area contributed by atoms with Crippen molar-refractivity contribution < 1.29 is 19.4 Å². The number of alkyl carbamates (subject to hydrolysis) is 1. The lowest BCUT2D eigenvalue weighted by molar-refractivity contribution is -0.139. The first-order chi connectivity index (χ1) is 21.6. The lowest BCUT2D eigenvalue weighted by Gasteiger charge is -2.37. The summed E-state index contributed by atoms with van der Waals surface area (Å²) in [4.78, 5) is 25.2. The van der Waals surface area contributed by atoms with E-state index in [0.29, 0.717) is 6.54 Å². The molecule has 0 saturated carbocycles. The van der Waals surface area contributed by atoms with Crippen LogP contribution in [0.2, 0.25) is 0 Å². The van der Waals surface area contributed by atoms with E-state index in [2.05, 4.69) is 59.2 Å². The summed E-state index contributed by atoms with van der Waals surface area (Å²) in [5.41, 5.74) is 6.78. The van der Waals surface area contributed by atoms with Gasteiger partial charge in [0, 0.05) is 5.92 Å². The van der Waals surface area contributed by atoms with Crippen molar-refractivity contribution >= 4 is 12.1 Å². The van der Waals surface area contributed by atoms with E-state index < -0.39 is 23.6 Å². The quantitative estimate of drug-likeness (QED) is 0.147. The fourth-order valence-corrected chi connectivity index (χ4v) is 6.31. The number of ether oxygens (including phenoxy) is 1. The normalized spacial score (nSPS) is 13.0. The molecule has 0 aromatic heterocycles. The minimum absolute atomic E-state index is 0.110. The molecular weight excluding hydrogens is 548 g/mol. The number of hydrogen-bond acceptors (Lipinski definition) is 4. The highest BCUT2D eigenvalue weighted by Gasteiger charge is 2.36. The van der Waals surface area contributed by atoms with E-state index in [1.807, 2.05) is 91.0 Å². The molecule has 0 fully saturated rings. The lowest BCUT2D eigenvalue weighted by Crippen LogP contribution is -2.48. The van der Waals surface area contributed by atoms with Gasteiger partial charge in [0.2, 0.25) is 0 Å². The van der Waals surface area contributed by atoms with Crippen LogP contribution in [0.3, 0.4) is 0 Å². The number of carboxylic acids is 1. The van der Waals surface area contributed by atoms with Crippen molar-refractivity contribution in [2.24, 2.45) is 0 Å². The molecule has 3 N–H and O–H groups in total. The predicted molar refractivity (Wildman–Crippen MR) is 171 cm³/mol. The van der Waals surface area contributed by atoms with Gasteiger partial charge in [-0.25, -0.2) is 9.59 Å². The number of carbonyl (C=O) groups excluding carboxylic acids is 1. The maximum absolute atomic E-state index is 12.9. The van der Waals surface area contributed by atoms with Crippen LogP contribution in [-0.2, 0) is 15.1 Å². The lowest BCUT2D eigenvalue weighted by atomic mass is 9.77. The Hall–Kier alpha value is -5.20. The molecule has 0 bridgehead atoms. The van der Waals surface area contributed by atoms with Gasteiger partial charge >= 0.3 is 12.1 Å². The summed E-state index contributed by atoms with van der Waals surface area (Å²) in [5.74, 6) is -1.23. The third-order valence-electron chi connectivity index (χ3n) is 8.38. The van der Waals surface area contributed by atoms with Gasteiger partial charge in [-0.05, 0) is 51.9 Å². The summed E-state index contributed by atoms with van der Waals surface area (Å²) in [6.45, 7) is 0.420. The third-order valence-corrected chi connectivity index (χ3v) is 8.38. The first-order valence-electron chi connectivity index (χ1n) is 14.8. The molecule has 1 aliphatic rings. The summed E-state index contributed by atoms with van der Waals surface area (Å²) in [6.07, 6.45) is -0.604. The van der Waals surface area contributed by atoms with Crippen LogP contribution in [0.25, 0.3) is 11.1 Å². The SMILES string of the molecule is O=C(N[C@H](CCNC(c1ccccc1)(c1ccccc1)c1ccccc1)C(=O)O)OCC1c2ccccc2-c2ccccc21. The number of carboxylic acid groups (broad SMARTS) is 1. The van der Waals surface area contributed by atoms with Gasteiger partial charge in [-0.2, -0.15) is 0 Å². The largest absolute Gasteiger partial charge is 0.480 e. The fourth-order valence-electron chi connectivity index (χ4n) is 6.31. The zero-order chi connectivity index (χ0) is 30.4. The van der Waals surface area contributed by atoms with Gasteiger partial charge in [0.05, 0.1) is 5.54 Å². The number of aliphatic carboxylic acids is 1. The van der Waals surface area contributed by atoms with Gasteiger partial charge in [-0.1, -0.05) is 140 Å². The molecule has 5 aromatic carbocycles. The average Bonchev–Trinajstić information content (AvgIpc) is 3.40. The Morgan fingerprint density at radius 3 is 1.55 bits per heavy atom. The molecule has 0 spiro atoms. The highest BCUT2D eigenvalue weighted by Crippen LogP contribution is 2.44. The van der Waals surface area contributed by atoms with Gasteiger partial charge in [0.25, 0.3) is 0 Å². The first-order valence-corrected chi connectivity index (χ1v) is 14.8. The molecule has 0 aliphatic heterocycles. The Morgan fingerprint density at radius 2 is 1.09 bits per heavy atom. The second-order valence-corrected chi connectivity index (χ2v) is 10.9. The Labute approximate surface area is 257 Å². The van der Waals surface area contributed by atoms with Gasteiger partial charge in [-0.3, -0.25) is 5.32 Å². The van der Waals surface area contributed by atoms with Crippen molar-refractivity contribution in [3.63, 3.8) is 0 Å². The highest BCUT2D eigenvalue weighted by atomic mass is 16.5. The van der Waals surface area contributed by atoms with E-state index in [-0.39, 0.29) is 18.9 Å². The molecule has 220 valence electrons. The molecule has 0 heterocycles.